The Morgan fingerprint density at radius 3 is 2.41 bits per heavy atom. The van der Waals surface area contributed by atoms with Crippen LogP contribution in [0.2, 0.25) is 0 Å². The molecule has 0 saturated carbocycles. The minimum absolute atomic E-state index is 0.0579. The van der Waals surface area contributed by atoms with Crippen molar-refractivity contribution in [2.45, 2.75) is 65.1 Å². The van der Waals surface area contributed by atoms with Crippen LogP contribution in [-0.2, 0) is 33.3 Å². The van der Waals surface area contributed by atoms with Crippen molar-refractivity contribution >= 4 is 18.0 Å². The van der Waals surface area contributed by atoms with Gasteiger partial charge in [0, 0.05) is 20.4 Å². The van der Waals surface area contributed by atoms with E-state index in [2.05, 4.69) is 5.32 Å². The van der Waals surface area contributed by atoms with Crippen molar-refractivity contribution in [1.29, 1.82) is 0 Å². The maximum absolute atomic E-state index is 11.5. The zero-order valence-corrected chi connectivity index (χ0v) is 16.5. The van der Waals surface area contributed by atoms with Gasteiger partial charge in [-0.25, -0.2) is 4.79 Å². The number of carbonyl (C=O) groups excluding carboxylic acids is 3. The van der Waals surface area contributed by atoms with E-state index < -0.39 is 42.1 Å². The first-order valence-corrected chi connectivity index (χ1v) is 8.79. The molecule has 0 aliphatic carbocycles. The molecule has 1 N–H and O–H groups in total. The van der Waals surface area contributed by atoms with Crippen LogP contribution in [0, 0.1) is 0 Å². The summed E-state index contributed by atoms with van der Waals surface area (Å²) in [5.74, 6) is -0.922. The van der Waals surface area contributed by atoms with Crippen molar-refractivity contribution in [3.63, 3.8) is 0 Å². The van der Waals surface area contributed by atoms with Gasteiger partial charge in [0.1, 0.15) is 24.4 Å². The summed E-state index contributed by atoms with van der Waals surface area (Å²) in [6.07, 6.45) is 1.35. The van der Waals surface area contributed by atoms with Crippen molar-refractivity contribution in [2.75, 3.05) is 19.8 Å². The predicted molar refractivity (Wildman–Crippen MR) is 94.8 cm³/mol. The number of ether oxygens (including phenoxy) is 5. The lowest BCUT2D eigenvalue weighted by Crippen LogP contribution is -2.42. The van der Waals surface area contributed by atoms with Gasteiger partial charge in [0.25, 0.3) is 0 Å². The fourth-order valence-corrected chi connectivity index (χ4v) is 2.13. The van der Waals surface area contributed by atoms with Gasteiger partial charge in [-0.3, -0.25) is 9.59 Å². The molecule has 1 aliphatic heterocycles. The van der Waals surface area contributed by atoms with Crippen LogP contribution in [0.1, 0.15) is 41.0 Å². The molecule has 1 amide bonds. The molecule has 0 fully saturated rings. The van der Waals surface area contributed by atoms with Crippen LogP contribution in [0.25, 0.3) is 0 Å². The van der Waals surface area contributed by atoms with Crippen LogP contribution in [0.5, 0.6) is 0 Å². The number of rotatable bonds is 8. The Labute approximate surface area is 159 Å². The van der Waals surface area contributed by atoms with Gasteiger partial charge in [0.2, 0.25) is 0 Å². The first kappa shape index (κ1) is 22.9. The van der Waals surface area contributed by atoms with Crippen molar-refractivity contribution < 1.29 is 38.1 Å². The van der Waals surface area contributed by atoms with Crippen LogP contribution >= 0.6 is 0 Å². The van der Waals surface area contributed by atoms with Crippen LogP contribution in [0.3, 0.4) is 0 Å². The third-order valence-corrected chi connectivity index (χ3v) is 3.16. The maximum atomic E-state index is 11.5. The van der Waals surface area contributed by atoms with Gasteiger partial charge in [-0.15, -0.1) is 0 Å². The molecule has 0 aromatic carbocycles. The van der Waals surface area contributed by atoms with E-state index in [9.17, 15) is 14.4 Å². The zero-order valence-electron chi connectivity index (χ0n) is 16.5. The van der Waals surface area contributed by atoms with E-state index >= 15 is 0 Å². The number of esters is 2. The van der Waals surface area contributed by atoms with E-state index in [1.54, 1.807) is 32.9 Å². The second-order valence-corrected chi connectivity index (χ2v) is 6.96. The summed E-state index contributed by atoms with van der Waals surface area (Å²) in [4.78, 5) is 33.7. The van der Waals surface area contributed by atoms with Crippen molar-refractivity contribution in [2.24, 2.45) is 0 Å². The highest BCUT2D eigenvalue weighted by atomic mass is 16.7. The molecule has 0 aromatic heterocycles. The Hall–Kier alpha value is -2.13. The normalized spacial score (nSPS) is 22.0. The SMILES string of the molecule is CC(=O)OC[C@H]1O[C@H](OCCCNC(=O)OC(C)(C)C)C=C[C@@H]1OC(C)=O. The number of hydrogen-bond acceptors (Lipinski definition) is 8. The predicted octanol–water partition coefficient (Wildman–Crippen LogP) is 1.69. The number of alkyl carbamates (subject to hydrolysis) is 1. The third-order valence-electron chi connectivity index (χ3n) is 3.16. The number of amides is 1. The van der Waals surface area contributed by atoms with Crippen LogP contribution in [0.4, 0.5) is 4.79 Å². The van der Waals surface area contributed by atoms with Gasteiger partial charge in [0.05, 0.1) is 6.61 Å². The molecule has 0 spiro atoms. The van der Waals surface area contributed by atoms with Crippen molar-refractivity contribution in [1.82, 2.24) is 5.32 Å². The smallest absolute Gasteiger partial charge is 0.407 e. The molecule has 0 aromatic rings. The Bertz CT molecular complexity index is 540. The quantitative estimate of drug-likeness (QED) is 0.290. The fourth-order valence-electron chi connectivity index (χ4n) is 2.13. The minimum atomic E-state index is -0.668. The summed E-state index contributed by atoms with van der Waals surface area (Å²) in [6, 6.07) is 0. The fraction of sp³-hybridized carbons (Fsp3) is 0.722. The van der Waals surface area contributed by atoms with Crippen LogP contribution < -0.4 is 5.32 Å². The molecule has 9 nitrogen and oxygen atoms in total. The van der Waals surface area contributed by atoms with Gasteiger partial charge in [-0.05, 0) is 39.3 Å². The second kappa shape index (κ2) is 10.9. The molecule has 1 aliphatic rings. The van der Waals surface area contributed by atoms with Gasteiger partial charge in [-0.2, -0.15) is 0 Å². The van der Waals surface area contributed by atoms with Crippen molar-refractivity contribution in [3.05, 3.63) is 12.2 Å². The van der Waals surface area contributed by atoms with Crippen molar-refractivity contribution in [3.8, 4) is 0 Å². The average Bonchev–Trinajstić information content (AvgIpc) is 2.52. The van der Waals surface area contributed by atoms with Crippen LogP contribution in [-0.4, -0.2) is 61.9 Å². The molecular weight excluding hydrogens is 358 g/mol. The molecule has 154 valence electrons. The largest absolute Gasteiger partial charge is 0.463 e. The topological polar surface area (TPSA) is 109 Å². The summed E-state index contributed by atoms with van der Waals surface area (Å²) in [6.45, 7) is 8.59. The van der Waals surface area contributed by atoms with E-state index in [1.165, 1.54) is 13.8 Å². The molecule has 0 unspecified atom stereocenters. The standard InChI is InChI=1S/C18H29NO8/c1-12(20)24-11-15-14(25-13(2)21)7-8-16(26-15)23-10-6-9-19-17(22)27-18(3,4)5/h7-8,14-16H,6,9-11H2,1-5H3,(H,19,22)/t14-,15+,16-/m0/s1. The Kier molecular flexibility index (Phi) is 9.23. The Morgan fingerprint density at radius 2 is 1.81 bits per heavy atom. The monoisotopic (exact) mass is 387 g/mol. The lowest BCUT2D eigenvalue weighted by Gasteiger charge is -2.31. The molecular formula is C18H29NO8. The van der Waals surface area contributed by atoms with Gasteiger partial charge >= 0.3 is 18.0 Å². The highest BCUT2D eigenvalue weighted by Gasteiger charge is 2.31. The second-order valence-electron chi connectivity index (χ2n) is 6.96. The molecule has 1 rings (SSSR count). The molecule has 0 saturated heterocycles. The number of hydrogen-bond donors (Lipinski definition) is 1. The Balaban J connectivity index is 2.37. The van der Waals surface area contributed by atoms with Gasteiger partial charge < -0.3 is 29.0 Å². The first-order valence-electron chi connectivity index (χ1n) is 8.79. The molecule has 27 heavy (non-hydrogen) atoms. The summed E-state index contributed by atoms with van der Waals surface area (Å²) < 4.78 is 26.4. The summed E-state index contributed by atoms with van der Waals surface area (Å²) in [5.41, 5.74) is -0.545. The lowest BCUT2D eigenvalue weighted by molar-refractivity contribution is -0.197. The third kappa shape index (κ3) is 10.6. The van der Waals surface area contributed by atoms with Crippen LogP contribution in [0.15, 0.2) is 12.2 Å². The molecule has 0 radical (unpaired) electrons. The van der Waals surface area contributed by atoms with E-state index in [-0.39, 0.29) is 6.61 Å². The average molecular weight is 387 g/mol. The van der Waals surface area contributed by atoms with Gasteiger partial charge in [-0.1, -0.05) is 0 Å². The number of nitrogens with one attached hydrogen (secondary N) is 1. The summed E-state index contributed by atoms with van der Waals surface area (Å²) >= 11 is 0. The molecule has 9 heteroatoms. The van der Waals surface area contributed by atoms with Gasteiger partial charge in [0.15, 0.2) is 6.29 Å². The minimum Gasteiger partial charge on any atom is -0.463 e. The summed E-state index contributed by atoms with van der Waals surface area (Å²) in [5, 5.41) is 2.63. The number of carbonyl (C=O) groups is 3. The van der Waals surface area contributed by atoms with E-state index in [0.29, 0.717) is 19.6 Å². The highest BCUT2D eigenvalue weighted by Crippen LogP contribution is 2.18. The lowest BCUT2D eigenvalue weighted by atomic mass is 10.1. The highest BCUT2D eigenvalue weighted by molar-refractivity contribution is 5.67. The van der Waals surface area contributed by atoms with E-state index in [1.807, 2.05) is 0 Å². The maximum Gasteiger partial charge on any atom is 0.407 e. The molecule has 3 atom stereocenters. The molecule has 0 bridgehead atoms. The van der Waals surface area contributed by atoms with E-state index in [0.717, 1.165) is 0 Å². The first-order chi connectivity index (χ1) is 12.6. The zero-order chi connectivity index (χ0) is 20.4. The Morgan fingerprint density at radius 1 is 1.11 bits per heavy atom. The molecule has 1 heterocycles. The summed E-state index contributed by atoms with van der Waals surface area (Å²) in [7, 11) is 0. The van der Waals surface area contributed by atoms with E-state index in [4.69, 9.17) is 23.7 Å².